The number of aryl methyl sites for hydroxylation is 1. The van der Waals surface area contributed by atoms with Gasteiger partial charge in [-0.25, -0.2) is 0 Å². The van der Waals surface area contributed by atoms with Crippen LogP contribution in [-0.4, -0.2) is 13.2 Å². The van der Waals surface area contributed by atoms with Crippen LogP contribution in [0.25, 0.3) is 0 Å². The van der Waals surface area contributed by atoms with Gasteiger partial charge >= 0.3 is 0 Å². The van der Waals surface area contributed by atoms with E-state index in [1.54, 1.807) is 7.11 Å². The molecule has 1 unspecified atom stereocenters. The summed E-state index contributed by atoms with van der Waals surface area (Å²) in [7, 11) is 1.69. The molecule has 0 bridgehead atoms. The molecule has 0 fully saturated rings. The van der Waals surface area contributed by atoms with Gasteiger partial charge in [-0.3, -0.25) is 0 Å². The Labute approximate surface area is 104 Å². The number of methoxy groups -OCH3 is 1. The number of benzene rings is 1. The fraction of sp³-hybridized carbons (Fsp3) is 0.467. The van der Waals surface area contributed by atoms with Gasteiger partial charge in [0.1, 0.15) is 5.75 Å². The minimum absolute atomic E-state index is 0.405. The van der Waals surface area contributed by atoms with Crippen molar-refractivity contribution in [3.8, 4) is 18.1 Å². The van der Waals surface area contributed by atoms with Crippen molar-refractivity contribution in [2.45, 2.75) is 39.3 Å². The van der Waals surface area contributed by atoms with E-state index in [2.05, 4.69) is 37.2 Å². The molecule has 0 heterocycles. The quantitative estimate of drug-likeness (QED) is 0.760. The molecule has 0 aromatic heterocycles. The maximum Gasteiger partial charge on any atom is 0.121 e. The normalized spacial score (nSPS) is 11.9. The van der Waals surface area contributed by atoms with E-state index >= 15 is 0 Å². The van der Waals surface area contributed by atoms with Gasteiger partial charge in [0, 0.05) is 19.0 Å². The second-order valence-electron chi connectivity index (χ2n) is 4.20. The molecule has 1 aromatic carbocycles. The first-order chi connectivity index (χ1) is 8.21. The molecule has 0 spiro atoms. The first-order valence-corrected chi connectivity index (χ1v) is 6.01. The maximum absolute atomic E-state index is 5.33. The summed E-state index contributed by atoms with van der Waals surface area (Å²) in [6.45, 7) is 5.06. The van der Waals surface area contributed by atoms with E-state index in [4.69, 9.17) is 11.2 Å². The van der Waals surface area contributed by atoms with Gasteiger partial charge in [0.25, 0.3) is 0 Å². The summed E-state index contributed by atoms with van der Waals surface area (Å²) in [5, 5.41) is 3.47. The molecule has 0 aliphatic rings. The third-order valence-corrected chi connectivity index (χ3v) is 2.91. The van der Waals surface area contributed by atoms with Crippen LogP contribution in [0.15, 0.2) is 18.2 Å². The molecule has 0 aliphatic heterocycles. The Hall–Kier alpha value is -1.46. The fourth-order valence-corrected chi connectivity index (χ4v) is 1.82. The van der Waals surface area contributed by atoms with Gasteiger partial charge in [-0.15, -0.1) is 12.3 Å². The average molecular weight is 231 g/mol. The minimum atomic E-state index is 0.405. The van der Waals surface area contributed by atoms with Gasteiger partial charge in [0.05, 0.1) is 7.11 Å². The lowest BCUT2D eigenvalue weighted by Gasteiger charge is -2.15. The molecule has 1 rings (SSSR count). The zero-order valence-electron chi connectivity index (χ0n) is 10.9. The molecule has 2 nitrogen and oxygen atoms in total. The standard InChI is InChI=1S/C15H21NO/c1-5-7-14(6-2)16-11-13-8-9-15(17-4)12(3)10-13/h1,8-10,14,16H,6-7,11H2,2-4H3. The van der Waals surface area contributed by atoms with Crippen LogP contribution in [0.5, 0.6) is 5.75 Å². The predicted molar refractivity (Wildman–Crippen MR) is 72.1 cm³/mol. The van der Waals surface area contributed by atoms with Gasteiger partial charge in [0.15, 0.2) is 0 Å². The largest absolute Gasteiger partial charge is 0.496 e. The van der Waals surface area contributed by atoms with E-state index in [9.17, 15) is 0 Å². The highest BCUT2D eigenvalue weighted by atomic mass is 16.5. The Kier molecular flexibility index (Phi) is 5.59. The smallest absolute Gasteiger partial charge is 0.121 e. The first kappa shape index (κ1) is 13.6. The van der Waals surface area contributed by atoms with Crippen molar-refractivity contribution in [2.75, 3.05) is 7.11 Å². The summed E-state index contributed by atoms with van der Waals surface area (Å²) < 4.78 is 5.24. The van der Waals surface area contributed by atoms with Gasteiger partial charge < -0.3 is 10.1 Å². The van der Waals surface area contributed by atoms with Crippen LogP contribution in [0.3, 0.4) is 0 Å². The van der Waals surface area contributed by atoms with Crippen LogP contribution < -0.4 is 10.1 Å². The second kappa shape index (κ2) is 6.98. The molecule has 0 saturated heterocycles. The maximum atomic E-state index is 5.33. The summed E-state index contributed by atoms with van der Waals surface area (Å²) in [6, 6.07) is 6.65. The molecule has 1 atom stereocenters. The van der Waals surface area contributed by atoms with E-state index in [0.717, 1.165) is 30.7 Å². The van der Waals surface area contributed by atoms with E-state index < -0.39 is 0 Å². The SMILES string of the molecule is C#CCC(CC)NCc1ccc(OC)c(C)c1. The molecule has 0 aliphatic carbocycles. The lowest BCUT2D eigenvalue weighted by molar-refractivity contribution is 0.411. The molecule has 1 aromatic rings. The van der Waals surface area contributed by atoms with Crippen molar-refractivity contribution in [1.82, 2.24) is 5.32 Å². The van der Waals surface area contributed by atoms with E-state index in [-0.39, 0.29) is 0 Å². The average Bonchev–Trinajstić information content (AvgIpc) is 2.34. The topological polar surface area (TPSA) is 21.3 Å². The Morgan fingerprint density at radius 1 is 1.47 bits per heavy atom. The number of terminal acetylenes is 1. The van der Waals surface area contributed by atoms with E-state index in [1.165, 1.54) is 5.56 Å². The third kappa shape index (κ3) is 4.13. The number of hydrogen-bond acceptors (Lipinski definition) is 2. The lowest BCUT2D eigenvalue weighted by atomic mass is 10.1. The molecular weight excluding hydrogens is 210 g/mol. The van der Waals surface area contributed by atoms with Crippen LogP contribution in [0, 0.1) is 19.3 Å². The first-order valence-electron chi connectivity index (χ1n) is 6.01. The van der Waals surface area contributed by atoms with Crippen molar-refractivity contribution in [2.24, 2.45) is 0 Å². The summed E-state index contributed by atoms with van der Waals surface area (Å²) in [6.07, 6.45) is 7.17. The zero-order chi connectivity index (χ0) is 12.7. The highest BCUT2D eigenvalue weighted by Gasteiger charge is 2.04. The number of rotatable bonds is 6. The summed E-state index contributed by atoms with van der Waals surface area (Å²) in [4.78, 5) is 0. The summed E-state index contributed by atoms with van der Waals surface area (Å²) >= 11 is 0. The van der Waals surface area contributed by atoms with Gasteiger partial charge in [-0.2, -0.15) is 0 Å². The van der Waals surface area contributed by atoms with Crippen LogP contribution in [-0.2, 0) is 6.54 Å². The molecule has 0 amide bonds. The Morgan fingerprint density at radius 3 is 2.76 bits per heavy atom. The van der Waals surface area contributed by atoms with E-state index in [0.29, 0.717) is 6.04 Å². The van der Waals surface area contributed by atoms with Crippen molar-refractivity contribution in [1.29, 1.82) is 0 Å². The summed E-state index contributed by atoms with van der Waals surface area (Å²) in [5.41, 5.74) is 2.43. The third-order valence-electron chi connectivity index (χ3n) is 2.91. The molecule has 0 radical (unpaired) electrons. The van der Waals surface area contributed by atoms with E-state index in [1.807, 2.05) is 6.07 Å². The second-order valence-corrected chi connectivity index (χ2v) is 4.20. The van der Waals surface area contributed by atoms with Gasteiger partial charge in [0.2, 0.25) is 0 Å². The van der Waals surface area contributed by atoms with Crippen molar-refractivity contribution in [3.63, 3.8) is 0 Å². The van der Waals surface area contributed by atoms with Crippen LogP contribution in [0.1, 0.15) is 30.9 Å². The molecule has 0 saturated carbocycles. The monoisotopic (exact) mass is 231 g/mol. The summed E-state index contributed by atoms with van der Waals surface area (Å²) in [5.74, 6) is 3.64. The van der Waals surface area contributed by atoms with Gasteiger partial charge in [-0.1, -0.05) is 19.1 Å². The number of nitrogens with one attached hydrogen (secondary N) is 1. The molecule has 92 valence electrons. The molecule has 17 heavy (non-hydrogen) atoms. The number of ether oxygens (including phenoxy) is 1. The lowest BCUT2D eigenvalue weighted by Crippen LogP contribution is -2.27. The number of hydrogen-bond donors (Lipinski definition) is 1. The fourth-order valence-electron chi connectivity index (χ4n) is 1.82. The van der Waals surface area contributed by atoms with Crippen LogP contribution in [0.4, 0.5) is 0 Å². The van der Waals surface area contributed by atoms with Gasteiger partial charge in [-0.05, 0) is 30.5 Å². The highest BCUT2D eigenvalue weighted by molar-refractivity contribution is 5.36. The van der Waals surface area contributed by atoms with Crippen molar-refractivity contribution in [3.05, 3.63) is 29.3 Å². The highest BCUT2D eigenvalue weighted by Crippen LogP contribution is 2.18. The van der Waals surface area contributed by atoms with Crippen LogP contribution in [0.2, 0.25) is 0 Å². The zero-order valence-corrected chi connectivity index (χ0v) is 10.9. The molecular formula is C15H21NO. The molecule has 1 N–H and O–H groups in total. The van der Waals surface area contributed by atoms with Crippen molar-refractivity contribution >= 4 is 0 Å². The van der Waals surface area contributed by atoms with Crippen molar-refractivity contribution < 1.29 is 4.74 Å². The Balaban J connectivity index is 2.57. The molecule has 2 heteroatoms. The predicted octanol–water partition coefficient (Wildman–Crippen LogP) is 2.90. The Morgan fingerprint density at radius 2 is 2.24 bits per heavy atom. The minimum Gasteiger partial charge on any atom is -0.496 e. The Bertz CT molecular complexity index is 392. The van der Waals surface area contributed by atoms with Crippen LogP contribution >= 0.6 is 0 Å².